The minimum absolute atomic E-state index is 0.845. The van der Waals surface area contributed by atoms with E-state index in [1.165, 1.54) is 5.56 Å². The summed E-state index contributed by atoms with van der Waals surface area (Å²) in [5, 5.41) is 5.53. The van der Waals surface area contributed by atoms with Gasteiger partial charge >= 0.3 is 0 Å². The standard InChI is InChI=1S/C43H28N2O/c1-4-15-29(16-5-1)31-19-14-22-33(27-31)45(32-20-8-3-9-21-32)38-28-36-40(41-35-24-11-13-26-39(35)46-43(38)41)34-23-10-12-25-37(34)44-42(36)30-17-6-2-7-18-30/h1-28H. The molecule has 0 saturated heterocycles. The lowest BCUT2D eigenvalue weighted by Gasteiger charge is -2.27. The summed E-state index contributed by atoms with van der Waals surface area (Å²) in [6, 6.07) is 59.4. The number of para-hydroxylation sites is 3. The molecule has 2 heterocycles. The number of fused-ring (bicyclic) bond motifs is 7. The number of anilines is 3. The lowest BCUT2D eigenvalue weighted by molar-refractivity contribution is 0.669. The first-order valence-electron chi connectivity index (χ1n) is 15.6. The van der Waals surface area contributed by atoms with Gasteiger partial charge in [-0.05, 0) is 53.6 Å². The molecule has 3 heteroatoms. The lowest BCUT2D eigenvalue weighted by Crippen LogP contribution is -2.10. The van der Waals surface area contributed by atoms with Gasteiger partial charge in [0.05, 0.1) is 16.9 Å². The lowest BCUT2D eigenvalue weighted by atomic mass is 9.95. The molecule has 0 aliphatic carbocycles. The van der Waals surface area contributed by atoms with Crippen molar-refractivity contribution in [3.05, 3.63) is 170 Å². The van der Waals surface area contributed by atoms with Crippen molar-refractivity contribution in [3.8, 4) is 22.4 Å². The molecule has 0 atom stereocenters. The van der Waals surface area contributed by atoms with Gasteiger partial charge in [-0.15, -0.1) is 0 Å². The number of benzene rings is 7. The van der Waals surface area contributed by atoms with E-state index >= 15 is 0 Å². The summed E-state index contributed by atoms with van der Waals surface area (Å²) in [6.07, 6.45) is 0. The largest absolute Gasteiger partial charge is 0.454 e. The molecule has 3 nitrogen and oxygen atoms in total. The molecule has 0 aliphatic heterocycles. The molecule has 0 fully saturated rings. The Balaban J connectivity index is 1.45. The van der Waals surface area contributed by atoms with Crippen LogP contribution in [0.5, 0.6) is 0 Å². The highest BCUT2D eigenvalue weighted by molar-refractivity contribution is 6.30. The Bertz CT molecular complexity index is 2520. The first kappa shape index (κ1) is 26.2. The van der Waals surface area contributed by atoms with Crippen molar-refractivity contribution in [1.29, 1.82) is 0 Å². The third-order valence-electron chi connectivity index (χ3n) is 8.80. The van der Waals surface area contributed by atoms with Gasteiger partial charge < -0.3 is 9.32 Å². The number of hydrogen-bond acceptors (Lipinski definition) is 3. The van der Waals surface area contributed by atoms with Crippen LogP contribution in [0.3, 0.4) is 0 Å². The predicted molar refractivity (Wildman–Crippen MR) is 192 cm³/mol. The summed E-state index contributed by atoms with van der Waals surface area (Å²) in [7, 11) is 0. The van der Waals surface area contributed by atoms with E-state index in [4.69, 9.17) is 9.40 Å². The highest BCUT2D eigenvalue weighted by atomic mass is 16.3. The molecular weight excluding hydrogens is 560 g/mol. The summed E-state index contributed by atoms with van der Waals surface area (Å²) < 4.78 is 6.86. The number of pyridine rings is 1. The molecule has 0 N–H and O–H groups in total. The van der Waals surface area contributed by atoms with Gasteiger partial charge in [-0.3, -0.25) is 0 Å². The van der Waals surface area contributed by atoms with Gasteiger partial charge in [0, 0.05) is 43.9 Å². The molecule has 0 saturated carbocycles. The number of furan rings is 1. The second-order valence-corrected chi connectivity index (χ2v) is 11.6. The maximum absolute atomic E-state index is 6.86. The van der Waals surface area contributed by atoms with E-state index in [0.29, 0.717) is 0 Å². The number of hydrogen-bond donors (Lipinski definition) is 0. The molecule has 0 unspecified atom stereocenters. The molecule has 9 aromatic rings. The molecule has 216 valence electrons. The Morgan fingerprint density at radius 1 is 0.435 bits per heavy atom. The van der Waals surface area contributed by atoms with Crippen LogP contribution < -0.4 is 4.90 Å². The molecule has 7 aromatic carbocycles. The molecule has 0 spiro atoms. The van der Waals surface area contributed by atoms with Crippen LogP contribution in [-0.2, 0) is 0 Å². The van der Waals surface area contributed by atoms with Crippen LogP contribution in [0, 0.1) is 0 Å². The monoisotopic (exact) mass is 588 g/mol. The maximum Gasteiger partial charge on any atom is 0.160 e. The van der Waals surface area contributed by atoms with Gasteiger partial charge in [0.25, 0.3) is 0 Å². The minimum atomic E-state index is 0.845. The van der Waals surface area contributed by atoms with Crippen LogP contribution in [0.15, 0.2) is 174 Å². The summed E-state index contributed by atoms with van der Waals surface area (Å²) in [6.45, 7) is 0. The minimum Gasteiger partial charge on any atom is -0.454 e. The zero-order valence-electron chi connectivity index (χ0n) is 25.0. The van der Waals surface area contributed by atoms with Gasteiger partial charge in [-0.1, -0.05) is 127 Å². The molecular formula is C43H28N2O. The summed E-state index contributed by atoms with van der Waals surface area (Å²) >= 11 is 0. The maximum atomic E-state index is 6.86. The fourth-order valence-electron chi connectivity index (χ4n) is 6.75. The second kappa shape index (κ2) is 10.8. The van der Waals surface area contributed by atoms with Crippen molar-refractivity contribution in [2.75, 3.05) is 4.90 Å². The average molecular weight is 589 g/mol. The molecule has 46 heavy (non-hydrogen) atoms. The Morgan fingerprint density at radius 3 is 1.83 bits per heavy atom. The van der Waals surface area contributed by atoms with E-state index in [1.807, 2.05) is 6.07 Å². The molecule has 0 radical (unpaired) electrons. The van der Waals surface area contributed by atoms with Crippen LogP contribution in [-0.4, -0.2) is 4.98 Å². The van der Waals surface area contributed by atoms with Gasteiger partial charge in [-0.2, -0.15) is 0 Å². The van der Waals surface area contributed by atoms with Crippen molar-refractivity contribution >= 4 is 60.7 Å². The Hall–Kier alpha value is -6.19. The quantitative estimate of drug-likeness (QED) is 0.187. The zero-order valence-corrected chi connectivity index (χ0v) is 25.0. The fourth-order valence-corrected chi connectivity index (χ4v) is 6.75. The Morgan fingerprint density at radius 2 is 1.04 bits per heavy atom. The van der Waals surface area contributed by atoms with Gasteiger partial charge in [0.2, 0.25) is 0 Å². The SMILES string of the molecule is c1ccc(-c2cccc(N(c3ccccc3)c3cc4c(-c5ccccc5)nc5ccccc5c4c4c3oc3ccccc34)c2)cc1. The molecule has 2 aromatic heterocycles. The van der Waals surface area contributed by atoms with Crippen LogP contribution >= 0.6 is 0 Å². The van der Waals surface area contributed by atoms with E-state index in [9.17, 15) is 0 Å². The van der Waals surface area contributed by atoms with Crippen LogP contribution in [0.25, 0.3) is 66.0 Å². The smallest absolute Gasteiger partial charge is 0.160 e. The van der Waals surface area contributed by atoms with Gasteiger partial charge in [-0.25, -0.2) is 4.98 Å². The van der Waals surface area contributed by atoms with Crippen LogP contribution in [0.1, 0.15) is 0 Å². The van der Waals surface area contributed by atoms with E-state index in [1.54, 1.807) is 0 Å². The van der Waals surface area contributed by atoms with Gasteiger partial charge in [0.15, 0.2) is 5.58 Å². The number of nitrogens with zero attached hydrogens (tertiary/aromatic N) is 2. The molecule has 0 bridgehead atoms. The summed E-state index contributed by atoms with van der Waals surface area (Å²) in [4.78, 5) is 7.62. The zero-order chi connectivity index (χ0) is 30.5. The Kier molecular flexibility index (Phi) is 6.14. The van der Waals surface area contributed by atoms with Crippen molar-refractivity contribution in [2.45, 2.75) is 0 Å². The summed E-state index contributed by atoms with van der Waals surface area (Å²) in [5.74, 6) is 0. The second-order valence-electron chi connectivity index (χ2n) is 11.6. The van der Waals surface area contributed by atoms with Crippen molar-refractivity contribution in [2.24, 2.45) is 0 Å². The predicted octanol–water partition coefficient (Wildman–Crippen LogP) is 12.1. The number of rotatable bonds is 5. The van der Waals surface area contributed by atoms with Gasteiger partial charge in [0.1, 0.15) is 5.58 Å². The highest BCUT2D eigenvalue weighted by Crippen LogP contribution is 2.48. The first-order chi connectivity index (χ1) is 22.8. The Labute approximate surface area is 266 Å². The summed E-state index contributed by atoms with van der Waals surface area (Å²) in [5.41, 5.74) is 10.1. The van der Waals surface area contributed by atoms with E-state index in [2.05, 4.69) is 169 Å². The van der Waals surface area contributed by atoms with E-state index in [0.717, 1.165) is 77.5 Å². The highest BCUT2D eigenvalue weighted by Gasteiger charge is 2.25. The average Bonchev–Trinajstić information content (AvgIpc) is 3.53. The van der Waals surface area contributed by atoms with E-state index < -0.39 is 0 Å². The third-order valence-corrected chi connectivity index (χ3v) is 8.80. The molecule has 0 aliphatic rings. The topological polar surface area (TPSA) is 29.3 Å². The van der Waals surface area contributed by atoms with Crippen LogP contribution in [0.2, 0.25) is 0 Å². The molecule has 9 rings (SSSR count). The normalized spacial score (nSPS) is 11.5. The van der Waals surface area contributed by atoms with E-state index in [-0.39, 0.29) is 0 Å². The first-order valence-corrected chi connectivity index (χ1v) is 15.6. The molecule has 0 amide bonds. The fraction of sp³-hybridized carbons (Fsp3) is 0. The van der Waals surface area contributed by atoms with Crippen molar-refractivity contribution < 1.29 is 4.42 Å². The van der Waals surface area contributed by atoms with Crippen molar-refractivity contribution in [3.63, 3.8) is 0 Å². The number of aromatic nitrogens is 1. The third kappa shape index (κ3) is 4.25. The van der Waals surface area contributed by atoms with Crippen molar-refractivity contribution in [1.82, 2.24) is 4.98 Å². The van der Waals surface area contributed by atoms with Crippen LogP contribution in [0.4, 0.5) is 17.1 Å².